The van der Waals surface area contributed by atoms with E-state index >= 15 is 0 Å². The summed E-state index contributed by atoms with van der Waals surface area (Å²) in [7, 11) is 3.62. The van der Waals surface area contributed by atoms with Gasteiger partial charge in [0.1, 0.15) is 11.6 Å². The summed E-state index contributed by atoms with van der Waals surface area (Å²) in [5, 5.41) is 3.82. The van der Waals surface area contributed by atoms with Crippen molar-refractivity contribution in [2.45, 2.75) is 13.5 Å². The highest BCUT2D eigenvalue weighted by atomic mass is 32.1. The molecule has 0 aliphatic heterocycles. The van der Waals surface area contributed by atoms with Gasteiger partial charge in [-0.3, -0.25) is 9.59 Å². The van der Waals surface area contributed by atoms with E-state index in [9.17, 15) is 9.59 Å². The second-order valence-corrected chi connectivity index (χ2v) is 8.17. The Morgan fingerprint density at radius 2 is 1.86 bits per heavy atom. The molecule has 1 heterocycles. The number of amides is 2. The van der Waals surface area contributed by atoms with Gasteiger partial charge in [0, 0.05) is 12.7 Å². The van der Waals surface area contributed by atoms with E-state index < -0.39 is 0 Å². The van der Waals surface area contributed by atoms with Crippen molar-refractivity contribution in [3.63, 3.8) is 0 Å². The molecule has 2 amide bonds. The number of benzene rings is 2. The molecule has 2 aromatic carbocycles. The fourth-order valence-corrected chi connectivity index (χ4v) is 3.93. The lowest BCUT2D eigenvalue weighted by Gasteiger charge is -2.19. The van der Waals surface area contributed by atoms with Gasteiger partial charge in [-0.15, -0.1) is 11.3 Å². The van der Waals surface area contributed by atoms with E-state index in [0.29, 0.717) is 13.1 Å². The van der Waals surface area contributed by atoms with E-state index in [1.807, 2.05) is 56.4 Å². The van der Waals surface area contributed by atoms with Crippen molar-refractivity contribution in [2.24, 2.45) is 0 Å². The fraction of sp³-hybridized carbons (Fsp3) is 0.286. The Labute approximate surface area is 168 Å². The van der Waals surface area contributed by atoms with Crippen LogP contribution in [0.2, 0.25) is 0 Å². The van der Waals surface area contributed by atoms with Crippen LogP contribution >= 0.6 is 11.3 Å². The predicted octanol–water partition coefficient (Wildman–Crippen LogP) is 1.72. The molecular weight excluding hydrogens is 372 g/mol. The first-order valence-electron chi connectivity index (χ1n) is 9.17. The molecule has 1 atom stereocenters. The maximum atomic E-state index is 12.5. The van der Waals surface area contributed by atoms with Crippen molar-refractivity contribution in [1.82, 2.24) is 9.88 Å². The monoisotopic (exact) mass is 397 g/mol. The number of thiazole rings is 1. The lowest BCUT2D eigenvalue weighted by atomic mass is 10.2. The quantitative estimate of drug-likeness (QED) is 0.638. The predicted molar refractivity (Wildman–Crippen MR) is 113 cm³/mol. The Hall–Kier alpha value is -2.77. The number of fused-ring (bicyclic) bond motifs is 1. The smallest absolute Gasteiger partial charge is 0.277 e. The van der Waals surface area contributed by atoms with Crippen LogP contribution in [0.25, 0.3) is 10.2 Å². The topological polar surface area (TPSA) is 66.7 Å². The van der Waals surface area contributed by atoms with Gasteiger partial charge in [-0.1, -0.05) is 29.8 Å². The molecule has 0 saturated heterocycles. The second-order valence-electron chi connectivity index (χ2n) is 7.05. The number of quaternary nitrogens is 1. The Bertz CT molecular complexity index is 935. The first-order valence-corrected chi connectivity index (χ1v) is 9.98. The van der Waals surface area contributed by atoms with E-state index in [1.165, 1.54) is 4.90 Å². The average Bonchev–Trinajstić information content (AvgIpc) is 3.05. The molecule has 3 aromatic rings. The second kappa shape index (κ2) is 8.95. The van der Waals surface area contributed by atoms with Crippen molar-refractivity contribution in [3.8, 4) is 0 Å². The van der Waals surface area contributed by atoms with Crippen molar-refractivity contribution in [2.75, 3.05) is 32.5 Å². The number of nitrogens with one attached hydrogen (secondary N) is 2. The lowest BCUT2D eigenvalue weighted by Crippen LogP contribution is -3.08. The van der Waals surface area contributed by atoms with Crippen LogP contribution in [-0.4, -0.2) is 48.9 Å². The number of rotatable bonds is 7. The summed E-state index contributed by atoms with van der Waals surface area (Å²) in [4.78, 5) is 31.7. The molecule has 7 heteroatoms. The molecule has 146 valence electrons. The summed E-state index contributed by atoms with van der Waals surface area (Å²) in [6, 6.07) is 15.6. The van der Waals surface area contributed by atoms with Crippen LogP contribution in [0.3, 0.4) is 0 Å². The summed E-state index contributed by atoms with van der Waals surface area (Å²) >= 11 is 1.65. The minimum atomic E-state index is -0.205. The van der Waals surface area contributed by atoms with Crippen molar-refractivity contribution in [3.05, 3.63) is 59.1 Å². The molecule has 6 nitrogen and oxygen atoms in total. The first-order chi connectivity index (χ1) is 13.4. The number of hydrogen-bond donors (Lipinski definition) is 2. The van der Waals surface area contributed by atoms with Crippen LogP contribution in [0.4, 0.5) is 5.69 Å². The summed E-state index contributed by atoms with van der Waals surface area (Å²) in [5.41, 5.74) is 2.85. The normalized spacial score (nSPS) is 12.0. The molecule has 0 saturated carbocycles. The summed E-state index contributed by atoms with van der Waals surface area (Å²) in [6.07, 6.45) is 0. The number of para-hydroxylation sites is 1. The summed E-state index contributed by atoms with van der Waals surface area (Å²) < 4.78 is 1.15. The van der Waals surface area contributed by atoms with Crippen LogP contribution in [0.15, 0.2) is 48.5 Å². The van der Waals surface area contributed by atoms with Crippen LogP contribution in [0.5, 0.6) is 0 Å². The number of carbonyl (C=O) groups excluding carboxylic acids is 2. The van der Waals surface area contributed by atoms with Crippen molar-refractivity contribution >= 4 is 39.1 Å². The zero-order valence-electron chi connectivity index (χ0n) is 16.4. The van der Waals surface area contributed by atoms with Gasteiger partial charge < -0.3 is 15.1 Å². The molecular formula is C21H25N4O2S+. The Morgan fingerprint density at radius 1 is 1.14 bits per heavy atom. The molecule has 1 unspecified atom stereocenters. The lowest BCUT2D eigenvalue weighted by molar-refractivity contribution is -0.885. The summed E-state index contributed by atoms with van der Waals surface area (Å²) in [6.45, 7) is 3.01. The van der Waals surface area contributed by atoms with Crippen molar-refractivity contribution in [1.29, 1.82) is 0 Å². The van der Waals surface area contributed by atoms with Gasteiger partial charge >= 0.3 is 0 Å². The van der Waals surface area contributed by atoms with E-state index in [-0.39, 0.29) is 18.4 Å². The number of aryl methyl sites for hydroxylation is 1. The molecule has 1 aromatic heterocycles. The third-order valence-corrected chi connectivity index (χ3v) is 5.42. The standard InChI is InChI=1S/C21H24N4O2S/c1-15-8-10-16(11-9-15)22-19(26)12-25(3)21(27)14-24(2)13-20-23-17-6-4-5-7-18(17)28-20/h4-11H,12-14H2,1-3H3,(H,22,26)/p+1. The minimum absolute atomic E-state index is 0.0289. The number of aromatic nitrogens is 1. The molecule has 0 spiro atoms. The highest BCUT2D eigenvalue weighted by Gasteiger charge is 2.18. The molecule has 0 aliphatic carbocycles. The molecule has 28 heavy (non-hydrogen) atoms. The van der Waals surface area contributed by atoms with E-state index in [2.05, 4.69) is 16.4 Å². The Balaban J connectivity index is 1.48. The largest absolute Gasteiger partial charge is 0.332 e. The van der Waals surface area contributed by atoms with Crippen LogP contribution < -0.4 is 10.2 Å². The molecule has 0 bridgehead atoms. The molecule has 0 aliphatic rings. The average molecular weight is 398 g/mol. The minimum Gasteiger partial charge on any atom is -0.332 e. The summed E-state index contributed by atoms with van der Waals surface area (Å²) in [5.74, 6) is -0.277. The van der Waals surface area contributed by atoms with Gasteiger partial charge in [0.05, 0.1) is 23.8 Å². The maximum absolute atomic E-state index is 12.5. The molecule has 0 fully saturated rings. The van der Waals surface area contributed by atoms with E-state index in [0.717, 1.165) is 31.4 Å². The highest BCUT2D eigenvalue weighted by Crippen LogP contribution is 2.20. The third kappa shape index (κ3) is 5.37. The van der Waals surface area contributed by atoms with Crippen molar-refractivity contribution < 1.29 is 14.5 Å². The SMILES string of the molecule is Cc1ccc(NC(=O)CN(C)C(=O)C[NH+](C)Cc2nc3ccccc3s2)cc1. The van der Waals surface area contributed by atoms with Crippen LogP contribution in [0.1, 0.15) is 10.6 Å². The van der Waals surface area contributed by atoms with Gasteiger partial charge in [-0.25, -0.2) is 4.98 Å². The number of nitrogens with zero attached hydrogens (tertiary/aromatic N) is 2. The Kier molecular flexibility index (Phi) is 6.38. The molecule has 2 N–H and O–H groups in total. The van der Waals surface area contributed by atoms with Crippen LogP contribution in [-0.2, 0) is 16.1 Å². The van der Waals surface area contributed by atoms with Gasteiger partial charge in [-0.2, -0.15) is 0 Å². The maximum Gasteiger partial charge on any atom is 0.277 e. The zero-order valence-corrected chi connectivity index (χ0v) is 17.2. The van der Waals surface area contributed by atoms with Gasteiger partial charge in [0.15, 0.2) is 6.54 Å². The van der Waals surface area contributed by atoms with Gasteiger partial charge in [0.25, 0.3) is 5.91 Å². The number of anilines is 1. The molecule has 0 radical (unpaired) electrons. The number of hydrogen-bond acceptors (Lipinski definition) is 4. The van der Waals surface area contributed by atoms with E-state index in [4.69, 9.17) is 0 Å². The molecule has 3 rings (SSSR count). The first kappa shape index (κ1) is 20.0. The highest BCUT2D eigenvalue weighted by molar-refractivity contribution is 7.18. The zero-order chi connectivity index (χ0) is 20.1. The Morgan fingerprint density at radius 3 is 2.57 bits per heavy atom. The van der Waals surface area contributed by atoms with Crippen LogP contribution in [0, 0.1) is 6.92 Å². The fourth-order valence-electron chi connectivity index (χ4n) is 2.85. The number of likely N-dealkylation sites (N-methyl/N-ethyl adjacent to an activating group) is 2. The number of carbonyl (C=O) groups is 2. The van der Waals surface area contributed by atoms with Gasteiger partial charge in [0.2, 0.25) is 5.91 Å². The van der Waals surface area contributed by atoms with E-state index in [1.54, 1.807) is 18.4 Å². The third-order valence-electron chi connectivity index (χ3n) is 4.39. The van der Waals surface area contributed by atoms with Gasteiger partial charge in [-0.05, 0) is 31.2 Å².